The fourth-order valence-electron chi connectivity index (χ4n) is 4.12. The Morgan fingerprint density at radius 2 is 1.84 bits per heavy atom. The third-order valence-electron chi connectivity index (χ3n) is 6.29. The van der Waals surface area contributed by atoms with Crippen molar-refractivity contribution in [2.45, 2.75) is 61.2 Å². The third kappa shape index (κ3) is 4.96. The number of carbonyl (C=O) groups excluding carboxylic acids is 1. The first kappa shape index (κ1) is 23.1. The third-order valence-corrected chi connectivity index (χ3v) is 9.34. The molecule has 1 atom stereocenters. The van der Waals surface area contributed by atoms with Crippen molar-refractivity contribution in [2.75, 3.05) is 11.9 Å². The Labute approximate surface area is 192 Å². The highest BCUT2D eigenvalue weighted by Gasteiger charge is 2.32. The topological polar surface area (TPSA) is 117 Å². The number of hydrogen-bond acceptors (Lipinski definition) is 7. The van der Waals surface area contributed by atoms with Crippen LogP contribution < -0.4 is 5.32 Å². The van der Waals surface area contributed by atoms with Gasteiger partial charge in [-0.3, -0.25) is 10.1 Å². The summed E-state index contributed by atoms with van der Waals surface area (Å²) in [4.78, 5) is 17.6. The first-order chi connectivity index (χ1) is 15.4. The second-order valence-electron chi connectivity index (χ2n) is 8.48. The molecule has 0 aliphatic heterocycles. The number of amides is 1. The lowest BCUT2D eigenvalue weighted by molar-refractivity contribution is -0.111. The van der Waals surface area contributed by atoms with Crippen molar-refractivity contribution in [2.24, 2.45) is 5.92 Å². The molecular formula is C23H28N2O5S2. The number of anilines is 1. The monoisotopic (exact) mass is 476 g/mol. The van der Waals surface area contributed by atoms with E-state index in [9.17, 15) is 18.3 Å². The van der Waals surface area contributed by atoms with Gasteiger partial charge in [0.2, 0.25) is 0 Å². The molecule has 2 saturated carbocycles. The highest BCUT2D eigenvalue weighted by molar-refractivity contribution is 7.92. The first-order valence-corrected chi connectivity index (χ1v) is 13.4. The molecule has 0 spiro atoms. The molecule has 1 heterocycles. The maximum Gasteiger partial charge on any atom is 0.257 e. The molecule has 0 saturated heterocycles. The number of nitrogens with one attached hydrogen (secondary N) is 1. The molecule has 1 aromatic heterocycles. The van der Waals surface area contributed by atoms with Crippen LogP contribution in [0.2, 0.25) is 0 Å². The predicted molar refractivity (Wildman–Crippen MR) is 124 cm³/mol. The zero-order valence-electron chi connectivity index (χ0n) is 17.7. The summed E-state index contributed by atoms with van der Waals surface area (Å²) >= 11 is 1.17. The van der Waals surface area contributed by atoms with Gasteiger partial charge in [-0.1, -0.05) is 37.5 Å². The summed E-state index contributed by atoms with van der Waals surface area (Å²) in [6.07, 6.45) is 7.56. The van der Waals surface area contributed by atoms with Crippen LogP contribution in [0.25, 0.3) is 5.57 Å². The molecule has 0 bridgehead atoms. The fraction of sp³-hybridized carbons (Fsp3) is 0.478. The Morgan fingerprint density at radius 1 is 1.16 bits per heavy atom. The number of carbonyl (C=O) groups is 1. The van der Waals surface area contributed by atoms with Gasteiger partial charge in [-0.25, -0.2) is 13.4 Å². The van der Waals surface area contributed by atoms with E-state index in [0.717, 1.165) is 32.1 Å². The molecule has 0 radical (unpaired) electrons. The molecular weight excluding hydrogens is 448 g/mol. The number of benzene rings is 1. The number of rotatable bonds is 8. The van der Waals surface area contributed by atoms with Gasteiger partial charge < -0.3 is 10.2 Å². The quantitative estimate of drug-likeness (QED) is 0.500. The van der Waals surface area contributed by atoms with Crippen molar-refractivity contribution in [3.05, 3.63) is 47.0 Å². The van der Waals surface area contributed by atoms with Gasteiger partial charge in [0.1, 0.15) is 6.10 Å². The number of hydrogen-bond donors (Lipinski definition) is 3. The van der Waals surface area contributed by atoms with Crippen LogP contribution in [0.3, 0.4) is 0 Å². The normalized spacial score (nSPS) is 19.0. The van der Waals surface area contributed by atoms with Crippen molar-refractivity contribution in [3.63, 3.8) is 0 Å². The molecule has 4 rings (SSSR count). The van der Waals surface area contributed by atoms with Gasteiger partial charge in [0, 0.05) is 11.0 Å². The Balaban J connectivity index is 1.58. The van der Waals surface area contributed by atoms with E-state index in [2.05, 4.69) is 10.3 Å². The molecule has 1 aromatic carbocycles. The van der Waals surface area contributed by atoms with Crippen molar-refractivity contribution in [3.8, 4) is 0 Å². The lowest BCUT2D eigenvalue weighted by atomic mass is 9.98. The highest BCUT2D eigenvalue weighted by atomic mass is 32.2. The fourth-order valence-corrected chi connectivity index (χ4v) is 6.72. The first-order valence-electron chi connectivity index (χ1n) is 11.0. The van der Waals surface area contributed by atoms with Crippen LogP contribution in [-0.4, -0.2) is 41.4 Å². The Hall–Kier alpha value is -2.07. The summed E-state index contributed by atoms with van der Waals surface area (Å²) in [5, 5.41) is 23.2. The van der Waals surface area contributed by atoms with Crippen LogP contribution in [0.15, 0.2) is 40.6 Å². The molecule has 1 unspecified atom stereocenters. The lowest BCUT2D eigenvalue weighted by Crippen LogP contribution is -2.28. The zero-order valence-corrected chi connectivity index (χ0v) is 19.4. The minimum atomic E-state index is -3.32. The van der Waals surface area contributed by atoms with E-state index >= 15 is 0 Å². The summed E-state index contributed by atoms with van der Waals surface area (Å²) in [5.41, 5.74) is 1.46. The van der Waals surface area contributed by atoms with Gasteiger partial charge in [0.25, 0.3) is 5.91 Å². The summed E-state index contributed by atoms with van der Waals surface area (Å²) in [6, 6.07) is 6.60. The van der Waals surface area contributed by atoms with Crippen molar-refractivity contribution < 1.29 is 23.4 Å². The average molecular weight is 477 g/mol. The van der Waals surface area contributed by atoms with E-state index in [0.29, 0.717) is 45.6 Å². The van der Waals surface area contributed by atoms with Crippen LogP contribution in [-0.2, 0) is 14.6 Å². The Morgan fingerprint density at radius 3 is 2.44 bits per heavy atom. The average Bonchev–Trinajstić information content (AvgIpc) is 3.42. The number of sulfone groups is 1. The highest BCUT2D eigenvalue weighted by Crippen LogP contribution is 2.33. The van der Waals surface area contributed by atoms with Gasteiger partial charge in [-0.05, 0) is 49.3 Å². The number of aromatic nitrogens is 1. The van der Waals surface area contributed by atoms with Crippen molar-refractivity contribution >= 4 is 37.8 Å². The molecule has 2 aliphatic rings. The van der Waals surface area contributed by atoms with E-state index in [1.165, 1.54) is 11.3 Å². The zero-order chi connectivity index (χ0) is 22.7. The van der Waals surface area contributed by atoms with Gasteiger partial charge in [-0.15, -0.1) is 11.3 Å². The van der Waals surface area contributed by atoms with Crippen LogP contribution in [0.4, 0.5) is 5.13 Å². The largest absolute Gasteiger partial charge is 0.393 e. The minimum absolute atomic E-state index is 0.293. The minimum Gasteiger partial charge on any atom is -0.393 e. The summed E-state index contributed by atoms with van der Waals surface area (Å²) in [6.45, 7) is -0.444. The molecule has 2 fully saturated rings. The van der Waals surface area contributed by atoms with E-state index in [1.54, 1.807) is 29.6 Å². The summed E-state index contributed by atoms with van der Waals surface area (Å²) in [5.74, 6) is -0.0249. The number of aliphatic hydroxyl groups excluding tert-OH is 2. The van der Waals surface area contributed by atoms with E-state index in [4.69, 9.17) is 5.11 Å². The molecule has 172 valence electrons. The standard InChI is InChI=1S/C23H28N2O5S2/c26-13-21(27)20-14-31-23(24-20)25-22(28)19(12-15-4-1-2-5-15)16-8-10-18(11-9-16)32(29,30)17-6-3-7-17/h8-12,14-15,17,21,26-27H,1-7,13H2,(H,24,25,28). The molecule has 3 N–H and O–H groups in total. The smallest absolute Gasteiger partial charge is 0.257 e. The second kappa shape index (κ2) is 9.82. The maximum atomic E-state index is 13.2. The second-order valence-corrected chi connectivity index (χ2v) is 11.6. The molecule has 2 aromatic rings. The number of allylic oxidation sites excluding steroid dienone is 1. The van der Waals surface area contributed by atoms with Gasteiger partial charge in [0.15, 0.2) is 15.0 Å². The predicted octanol–water partition coefficient (Wildman–Crippen LogP) is 3.71. The molecule has 7 nitrogen and oxygen atoms in total. The lowest BCUT2D eigenvalue weighted by Gasteiger charge is -2.25. The van der Waals surface area contributed by atoms with E-state index in [-0.39, 0.29) is 11.2 Å². The molecule has 9 heteroatoms. The van der Waals surface area contributed by atoms with Gasteiger partial charge in [-0.2, -0.15) is 0 Å². The molecule has 1 amide bonds. The van der Waals surface area contributed by atoms with Crippen molar-refractivity contribution in [1.29, 1.82) is 0 Å². The number of aliphatic hydroxyl groups is 2. The summed E-state index contributed by atoms with van der Waals surface area (Å²) in [7, 11) is -3.32. The van der Waals surface area contributed by atoms with Crippen molar-refractivity contribution in [1.82, 2.24) is 4.98 Å². The van der Waals surface area contributed by atoms with Gasteiger partial charge in [0.05, 0.1) is 22.4 Å². The molecule has 32 heavy (non-hydrogen) atoms. The Bertz CT molecular complexity index is 1080. The van der Waals surface area contributed by atoms with Crippen LogP contribution in [0.5, 0.6) is 0 Å². The SMILES string of the molecule is O=C(Nc1nc(C(O)CO)cs1)C(=CC1CCCC1)c1ccc(S(=O)(=O)C2CCC2)cc1. The number of nitrogens with zero attached hydrogens (tertiary/aromatic N) is 1. The van der Waals surface area contributed by atoms with Crippen LogP contribution >= 0.6 is 11.3 Å². The van der Waals surface area contributed by atoms with Crippen LogP contribution in [0.1, 0.15) is 62.3 Å². The maximum absolute atomic E-state index is 13.2. The van der Waals surface area contributed by atoms with Crippen LogP contribution in [0, 0.1) is 5.92 Å². The van der Waals surface area contributed by atoms with E-state index < -0.39 is 22.5 Å². The number of thiazole rings is 1. The summed E-state index contributed by atoms with van der Waals surface area (Å²) < 4.78 is 25.4. The molecule has 2 aliphatic carbocycles. The Kier molecular flexibility index (Phi) is 7.09. The van der Waals surface area contributed by atoms with Gasteiger partial charge >= 0.3 is 0 Å². The van der Waals surface area contributed by atoms with E-state index in [1.807, 2.05) is 6.08 Å².